The van der Waals surface area contributed by atoms with E-state index in [1.165, 1.54) is 199 Å². The molecule has 1 heterocycles. The summed E-state index contributed by atoms with van der Waals surface area (Å²) in [7, 11) is 0. The van der Waals surface area contributed by atoms with Crippen LogP contribution < -0.4 is 10.6 Å². The van der Waals surface area contributed by atoms with E-state index in [1.807, 2.05) is 6.07 Å². The Morgan fingerprint density at radius 3 is 1.31 bits per heavy atom. The summed E-state index contributed by atoms with van der Waals surface area (Å²) in [5, 5.41) is 62.5. The summed E-state index contributed by atoms with van der Waals surface area (Å²) < 4.78 is 18.1. The van der Waals surface area contributed by atoms with Gasteiger partial charge in [-0.05, 0) is 54.6 Å². The van der Waals surface area contributed by atoms with Gasteiger partial charge in [-0.3, -0.25) is 0 Å². The Hall–Kier alpha value is -1.41. The molecule has 0 saturated carbocycles. The Kier molecular flexibility index (Phi) is 42.2. The first kappa shape index (κ1) is 68.7. The van der Waals surface area contributed by atoms with E-state index in [4.69, 9.17) is 26.4 Å². The van der Waals surface area contributed by atoms with Crippen molar-refractivity contribution in [3.63, 3.8) is 0 Å². The minimum Gasteiger partial charge on any atom is -0.468 e. The van der Waals surface area contributed by atoms with Gasteiger partial charge in [0.2, 0.25) is 0 Å². The summed E-state index contributed by atoms with van der Waals surface area (Å²) in [6.07, 6.45) is 38.5. The van der Waals surface area contributed by atoms with E-state index in [2.05, 4.69) is 64.3 Å². The minimum absolute atomic E-state index is 0.0852. The molecular weight excluding hydrogens is 945 g/mol. The molecule has 2 rings (SSSR count). The maximum Gasteiger partial charge on any atom is 0.261 e. The summed E-state index contributed by atoms with van der Waals surface area (Å²) in [6.45, 7) is 13.4. The number of nitrogens with one attached hydrogen (secondary N) is 2. The van der Waals surface area contributed by atoms with Crippen LogP contribution in [0.1, 0.15) is 302 Å². The first-order chi connectivity index (χ1) is 35.9. The number of hydrogen-bond acceptors (Lipinski definition) is 10. The highest BCUT2D eigenvalue weighted by Gasteiger charge is 2.45. The molecular formula is C63H118N2O8S. The zero-order chi connectivity index (χ0) is 54.0. The number of anilines is 1. The summed E-state index contributed by atoms with van der Waals surface area (Å²) >= 11 is 5.60. The second-order valence-corrected chi connectivity index (χ2v) is 23.5. The molecule has 11 heteroatoms. The molecule has 1 fully saturated rings. The summed E-state index contributed by atoms with van der Waals surface area (Å²) in [6, 6.07) is 5.53. The van der Waals surface area contributed by atoms with Gasteiger partial charge in [0.25, 0.3) is 5.17 Å². The lowest BCUT2D eigenvalue weighted by atomic mass is 9.93. The normalized spacial score (nSPS) is 19.3. The third-order valence-corrected chi connectivity index (χ3v) is 15.9. The molecule has 0 aliphatic carbocycles. The zero-order valence-electron chi connectivity index (χ0n) is 48.7. The van der Waals surface area contributed by atoms with Crippen molar-refractivity contribution < 1.29 is 39.7 Å². The molecule has 0 unspecified atom stereocenters. The highest BCUT2D eigenvalue weighted by molar-refractivity contribution is 7.80. The molecule has 1 aliphatic rings. The van der Waals surface area contributed by atoms with E-state index in [0.717, 1.165) is 48.9 Å². The number of ether oxygens (including phenoxy) is 3. The molecule has 0 spiro atoms. The SMILES string of the molecule is CCCCCCCCCCCCCCCCCCCCCCCCCCN[C@@H](CO[C@H]1O[C@H](COC(=S)Nc2c(C(C)C)cccc2C(C)C)[C@H](O)[C@H](O)[C@H]1O)[C@H](O)[C@H](O)CCCCCCCCCCCCCC. The van der Waals surface area contributed by atoms with Gasteiger partial charge in [0.15, 0.2) is 6.29 Å². The van der Waals surface area contributed by atoms with Crippen molar-refractivity contribution in [3.05, 3.63) is 29.3 Å². The summed E-state index contributed by atoms with van der Waals surface area (Å²) in [5.41, 5.74) is 3.11. The fourth-order valence-corrected chi connectivity index (χ4v) is 10.8. The summed E-state index contributed by atoms with van der Waals surface area (Å²) in [5.74, 6) is 0.486. The Morgan fingerprint density at radius 1 is 0.541 bits per heavy atom. The van der Waals surface area contributed by atoms with E-state index >= 15 is 0 Å². The highest BCUT2D eigenvalue weighted by Crippen LogP contribution is 2.33. The lowest BCUT2D eigenvalue weighted by Crippen LogP contribution is -2.60. The Morgan fingerprint density at radius 2 is 0.919 bits per heavy atom. The van der Waals surface area contributed by atoms with Gasteiger partial charge in [0.05, 0.1) is 24.9 Å². The quantitative estimate of drug-likeness (QED) is 0.0247. The van der Waals surface area contributed by atoms with Gasteiger partial charge in [-0.1, -0.05) is 284 Å². The van der Waals surface area contributed by atoms with Crippen molar-refractivity contribution in [2.75, 3.05) is 25.1 Å². The molecule has 1 aromatic rings. The molecule has 1 aromatic carbocycles. The first-order valence-electron chi connectivity index (χ1n) is 31.4. The highest BCUT2D eigenvalue weighted by atomic mass is 32.1. The number of rotatable bonds is 49. The van der Waals surface area contributed by atoms with E-state index in [0.29, 0.717) is 13.0 Å². The molecule has 0 bridgehead atoms. The van der Waals surface area contributed by atoms with Gasteiger partial charge in [0.1, 0.15) is 31.0 Å². The second kappa shape index (κ2) is 45.5. The number of hydrogen-bond donors (Lipinski definition) is 7. The van der Waals surface area contributed by atoms with Crippen LogP contribution in [0.4, 0.5) is 5.69 Å². The van der Waals surface area contributed by atoms with Crippen LogP contribution >= 0.6 is 12.2 Å². The average molecular weight is 1060 g/mol. The zero-order valence-corrected chi connectivity index (χ0v) is 49.5. The lowest BCUT2D eigenvalue weighted by molar-refractivity contribution is -0.302. The van der Waals surface area contributed by atoms with Crippen LogP contribution in [0.2, 0.25) is 0 Å². The Balaban J connectivity index is 1.77. The van der Waals surface area contributed by atoms with Gasteiger partial charge >= 0.3 is 0 Å². The fraction of sp³-hybridized carbons (Fsp3) is 0.889. The molecule has 0 aromatic heterocycles. The number of para-hydroxylation sites is 1. The van der Waals surface area contributed by atoms with Crippen LogP contribution in [0.3, 0.4) is 0 Å². The van der Waals surface area contributed by atoms with Crippen LogP contribution in [0.5, 0.6) is 0 Å². The Bertz CT molecular complexity index is 1430. The monoisotopic (exact) mass is 1060 g/mol. The van der Waals surface area contributed by atoms with Crippen LogP contribution in [0.15, 0.2) is 18.2 Å². The molecule has 0 amide bonds. The van der Waals surface area contributed by atoms with Crippen molar-refractivity contribution in [2.24, 2.45) is 0 Å². The van der Waals surface area contributed by atoms with Crippen LogP contribution in [0.25, 0.3) is 0 Å². The van der Waals surface area contributed by atoms with E-state index in [9.17, 15) is 25.5 Å². The maximum atomic E-state index is 11.5. The minimum atomic E-state index is -1.57. The van der Waals surface area contributed by atoms with Gasteiger partial charge in [0, 0.05) is 5.69 Å². The average Bonchev–Trinajstić information content (AvgIpc) is 3.38. The summed E-state index contributed by atoms with van der Waals surface area (Å²) in [4.78, 5) is 0. The van der Waals surface area contributed by atoms with Crippen LogP contribution in [-0.4, -0.2) is 99.4 Å². The Labute approximate surface area is 460 Å². The largest absolute Gasteiger partial charge is 0.468 e. The standard InChI is InChI=1S/C63H118N2O8S/c1-7-9-11-13-15-17-19-21-22-23-24-25-26-27-28-29-30-31-32-34-36-38-40-42-47-64-54(58(67)55(66)46-41-39-37-35-33-20-18-16-14-12-10-8-2)48-71-62-61(70)60(69)59(68)56(73-62)49-72-63(74)65-57-52(50(3)4)44-43-45-53(57)51(5)6/h43-45,50-51,54-56,58-62,64,66-70H,7-42,46-49H2,1-6H3,(H,65,74)/t54-,55+,56+,58-,59-,60-,61+,62-/m0/s1. The topological polar surface area (TPSA) is 153 Å². The molecule has 7 N–H and O–H groups in total. The van der Waals surface area contributed by atoms with Crippen molar-refractivity contribution in [3.8, 4) is 0 Å². The number of aliphatic hydroxyl groups excluding tert-OH is 5. The number of aliphatic hydroxyl groups is 5. The van der Waals surface area contributed by atoms with Gasteiger partial charge in [-0.15, -0.1) is 0 Å². The first-order valence-corrected chi connectivity index (χ1v) is 31.8. The predicted molar refractivity (Wildman–Crippen MR) is 315 cm³/mol. The number of benzene rings is 1. The molecule has 8 atom stereocenters. The van der Waals surface area contributed by atoms with E-state index in [-0.39, 0.29) is 30.2 Å². The molecule has 434 valence electrons. The molecule has 1 aliphatic heterocycles. The van der Waals surface area contributed by atoms with E-state index < -0.39 is 49.0 Å². The number of unbranched alkanes of at least 4 members (excludes halogenated alkanes) is 34. The van der Waals surface area contributed by atoms with Crippen LogP contribution in [-0.2, 0) is 14.2 Å². The van der Waals surface area contributed by atoms with Crippen molar-refractivity contribution in [1.29, 1.82) is 0 Å². The molecule has 74 heavy (non-hydrogen) atoms. The third-order valence-electron chi connectivity index (χ3n) is 15.7. The van der Waals surface area contributed by atoms with Crippen molar-refractivity contribution in [1.82, 2.24) is 5.32 Å². The smallest absolute Gasteiger partial charge is 0.261 e. The number of thiocarbonyl (C=S) groups is 1. The molecule has 0 radical (unpaired) electrons. The van der Waals surface area contributed by atoms with Crippen molar-refractivity contribution >= 4 is 23.1 Å². The fourth-order valence-electron chi connectivity index (χ4n) is 10.7. The third kappa shape index (κ3) is 31.9. The lowest BCUT2D eigenvalue weighted by Gasteiger charge is -2.40. The van der Waals surface area contributed by atoms with Gasteiger partial charge in [-0.25, -0.2) is 0 Å². The second-order valence-electron chi connectivity index (χ2n) is 23.1. The van der Waals surface area contributed by atoms with E-state index in [1.54, 1.807) is 0 Å². The maximum absolute atomic E-state index is 11.5. The molecule has 10 nitrogen and oxygen atoms in total. The predicted octanol–water partition coefficient (Wildman–Crippen LogP) is 15.6. The van der Waals surface area contributed by atoms with Crippen molar-refractivity contribution in [2.45, 2.75) is 340 Å². The molecule has 1 saturated heterocycles. The van der Waals surface area contributed by atoms with Gasteiger partial charge in [-0.2, -0.15) is 0 Å². The van der Waals surface area contributed by atoms with Gasteiger partial charge < -0.3 is 50.4 Å². The van der Waals surface area contributed by atoms with Crippen LogP contribution in [0, 0.1) is 0 Å².